The minimum Gasteiger partial charge on any atom is -0.494 e. The fraction of sp³-hybridized carbons (Fsp3) is 0.471. The predicted octanol–water partition coefficient (Wildman–Crippen LogP) is 5.64. The summed E-state index contributed by atoms with van der Waals surface area (Å²) >= 11 is 3.54. The van der Waals surface area contributed by atoms with Crippen molar-refractivity contribution in [1.82, 2.24) is 29.7 Å². The maximum Gasteiger partial charge on any atom is 0.229 e. The molecule has 0 saturated carbocycles. The zero-order valence-electron chi connectivity index (χ0n) is 28.2. The number of ether oxygens (including phenoxy) is 1. The number of sulfone groups is 1. The lowest BCUT2D eigenvalue weighted by molar-refractivity contribution is 0.0982. The highest BCUT2D eigenvalue weighted by atomic mass is 79.9. The summed E-state index contributed by atoms with van der Waals surface area (Å²) in [5.41, 5.74) is 4.33. The van der Waals surface area contributed by atoms with Gasteiger partial charge in [0.15, 0.2) is 9.84 Å². The third-order valence-electron chi connectivity index (χ3n) is 9.38. The number of benzene rings is 2. The Balaban J connectivity index is 1.24. The van der Waals surface area contributed by atoms with Crippen LogP contribution in [-0.2, 0) is 16.3 Å². The van der Waals surface area contributed by atoms with Crippen molar-refractivity contribution in [3.05, 3.63) is 52.9 Å². The Morgan fingerprint density at radius 1 is 0.979 bits per heavy atom. The highest BCUT2D eigenvalue weighted by molar-refractivity contribution is 9.10. The number of fused-ring (bicyclic) bond motifs is 1. The molecule has 14 heteroatoms. The van der Waals surface area contributed by atoms with E-state index in [1.54, 1.807) is 45.5 Å². The van der Waals surface area contributed by atoms with Crippen molar-refractivity contribution in [2.45, 2.75) is 56.2 Å². The van der Waals surface area contributed by atoms with E-state index in [0.29, 0.717) is 44.8 Å². The van der Waals surface area contributed by atoms with Gasteiger partial charge < -0.3 is 25.2 Å². The number of aryl methyl sites for hydroxylation is 1. The molecule has 48 heavy (non-hydrogen) atoms. The Bertz CT molecular complexity index is 1880. The molecule has 0 unspecified atom stereocenters. The third-order valence-corrected chi connectivity index (χ3v) is 12.2. The lowest BCUT2D eigenvalue weighted by Crippen LogP contribution is -2.52. The van der Waals surface area contributed by atoms with Crippen molar-refractivity contribution >= 4 is 65.6 Å². The van der Waals surface area contributed by atoms with Crippen LogP contribution in [0.1, 0.15) is 39.2 Å². The molecule has 4 heterocycles. The maximum atomic E-state index is 13.5. The van der Waals surface area contributed by atoms with Crippen molar-refractivity contribution in [3.63, 3.8) is 0 Å². The van der Waals surface area contributed by atoms with Gasteiger partial charge in [-0.2, -0.15) is 4.98 Å². The zero-order valence-corrected chi connectivity index (χ0v) is 30.6. The molecule has 2 saturated heterocycles. The Morgan fingerprint density at radius 3 is 2.40 bits per heavy atom. The highest BCUT2D eigenvalue weighted by Gasteiger charge is 2.29. The molecule has 0 radical (unpaired) electrons. The fourth-order valence-corrected chi connectivity index (χ4v) is 8.13. The van der Waals surface area contributed by atoms with Crippen molar-refractivity contribution in [2.24, 2.45) is 0 Å². The van der Waals surface area contributed by atoms with Gasteiger partial charge in [-0.1, -0.05) is 6.92 Å². The standard InChI is InChI=1S/C34H44BrN9O3S/c1-6-23-19-28(30(47-5)20-29(23)44-13-9-24(10-14-44)43-17-15-42(4)16-18-43)40-34-38-21-25(35)33(41-34)39-27-8-7-26-31(37-12-11-36-26)32(27)48(45,46)22(2)3/h7-8,11-12,19-22,24H,6,9-10,13-18H2,1-5H3,(H2,38,39,40,41). The van der Waals surface area contributed by atoms with Crippen LogP contribution >= 0.6 is 15.9 Å². The number of piperazine rings is 1. The highest BCUT2D eigenvalue weighted by Crippen LogP contribution is 2.38. The number of hydrogen-bond acceptors (Lipinski definition) is 12. The van der Waals surface area contributed by atoms with E-state index in [1.807, 2.05) is 0 Å². The average molecular weight is 739 g/mol. The van der Waals surface area contributed by atoms with E-state index in [9.17, 15) is 8.42 Å². The van der Waals surface area contributed by atoms with Crippen LogP contribution in [0.3, 0.4) is 0 Å². The molecule has 2 aliphatic rings. The summed E-state index contributed by atoms with van der Waals surface area (Å²) in [5, 5.41) is 5.91. The second kappa shape index (κ2) is 14.5. The molecule has 6 rings (SSSR count). The summed E-state index contributed by atoms with van der Waals surface area (Å²) in [6.45, 7) is 12.1. The number of likely N-dealkylation sites (N-methyl/N-ethyl adjacent to an activating group) is 1. The van der Waals surface area contributed by atoms with Crippen LogP contribution in [0.4, 0.5) is 28.8 Å². The molecule has 2 aromatic carbocycles. The molecular weight excluding hydrogens is 694 g/mol. The Kier molecular flexibility index (Phi) is 10.3. The van der Waals surface area contributed by atoms with Gasteiger partial charge in [0.2, 0.25) is 5.95 Å². The minimum absolute atomic E-state index is 0.0838. The van der Waals surface area contributed by atoms with Gasteiger partial charge in [0.25, 0.3) is 0 Å². The van der Waals surface area contributed by atoms with E-state index in [4.69, 9.17) is 9.72 Å². The van der Waals surface area contributed by atoms with Crippen LogP contribution in [0.15, 0.2) is 52.2 Å². The van der Waals surface area contributed by atoms with E-state index in [1.165, 1.54) is 17.4 Å². The quantitative estimate of drug-likeness (QED) is 0.209. The first-order valence-corrected chi connectivity index (χ1v) is 18.9. The van der Waals surface area contributed by atoms with Gasteiger partial charge in [0, 0.05) is 75.7 Å². The number of rotatable bonds is 10. The number of hydrogen-bond donors (Lipinski definition) is 2. The molecule has 0 atom stereocenters. The molecule has 256 valence electrons. The van der Waals surface area contributed by atoms with Crippen molar-refractivity contribution in [1.29, 1.82) is 0 Å². The van der Waals surface area contributed by atoms with E-state index >= 15 is 0 Å². The van der Waals surface area contributed by atoms with Crippen molar-refractivity contribution in [3.8, 4) is 5.75 Å². The van der Waals surface area contributed by atoms with E-state index < -0.39 is 15.1 Å². The van der Waals surface area contributed by atoms with Crippen LogP contribution in [0.5, 0.6) is 5.75 Å². The van der Waals surface area contributed by atoms with Crippen molar-refractivity contribution < 1.29 is 13.2 Å². The largest absolute Gasteiger partial charge is 0.494 e. The first-order chi connectivity index (χ1) is 23.1. The number of anilines is 5. The average Bonchev–Trinajstić information content (AvgIpc) is 3.09. The number of halogens is 1. The first-order valence-electron chi connectivity index (χ1n) is 16.5. The number of nitrogens with one attached hydrogen (secondary N) is 2. The predicted molar refractivity (Wildman–Crippen MR) is 195 cm³/mol. The molecular formula is C34H44BrN9O3S. The molecule has 0 aliphatic carbocycles. The van der Waals surface area contributed by atoms with Crippen LogP contribution in [0.25, 0.3) is 11.0 Å². The Hall–Kier alpha value is -3.59. The van der Waals surface area contributed by atoms with Gasteiger partial charge in [-0.05, 0) is 79.9 Å². The van der Waals surface area contributed by atoms with E-state index in [0.717, 1.165) is 64.2 Å². The Morgan fingerprint density at radius 2 is 1.71 bits per heavy atom. The summed E-state index contributed by atoms with van der Waals surface area (Å²) < 4.78 is 33.5. The lowest BCUT2D eigenvalue weighted by atomic mass is 9.99. The van der Waals surface area contributed by atoms with Crippen LogP contribution in [0.2, 0.25) is 0 Å². The summed E-state index contributed by atoms with van der Waals surface area (Å²) in [7, 11) is 0.145. The maximum absolute atomic E-state index is 13.5. The molecule has 2 aliphatic heterocycles. The van der Waals surface area contributed by atoms with Gasteiger partial charge in [-0.25, -0.2) is 13.4 Å². The molecule has 2 aromatic heterocycles. The van der Waals surface area contributed by atoms with E-state index in [-0.39, 0.29) is 4.90 Å². The fourth-order valence-electron chi connectivity index (χ4n) is 6.51. The molecule has 0 bridgehead atoms. The van der Waals surface area contributed by atoms with Crippen LogP contribution in [0, 0.1) is 0 Å². The Labute approximate surface area is 291 Å². The molecule has 0 amide bonds. The van der Waals surface area contributed by atoms with E-state index in [2.05, 4.69) is 82.3 Å². The second-order valence-electron chi connectivity index (χ2n) is 12.7. The van der Waals surface area contributed by atoms with Gasteiger partial charge in [-0.3, -0.25) is 14.9 Å². The first kappa shape index (κ1) is 34.3. The minimum atomic E-state index is -3.73. The number of aromatic nitrogens is 4. The molecule has 2 N–H and O–H groups in total. The van der Waals surface area contributed by atoms with Crippen molar-refractivity contribution in [2.75, 3.05) is 69.0 Å². The smallest absolute Gasteiger partial charge is 0.229 e. The van der Waals surface area contributed by atoms with Crippen LogP contribution in [-0.4, -0.2) is 103 Å². The summed E-state index contributed by atoms with van der Waals surface area (Å²) in [4.78, 5) is 25.6. The second-order valence-corrected chi connectivity index (χ2v) is 16.0. The number of piperidine rings is 1. The summed E-state index contributed by atoms with van der Waals surface area (Å²) in [6.07, 6.45) is 7.83. The number of nitrogens with zero attached hydrogens (tertiary/aromatic N) is 7. The summed E-state index contributed by atoms with van der Waals surface area (Å²) in [6, 6.07) is 8.32. The topological polar surface area (TPSA) is 129 Å². The molecule has 12 nitrogen and oxygen atoms in total. The third kappa shape index (κ3) is 7.07. The monoisotopic (exact) mass is 737 g/mol. The van der Waals surface area contributed by atoms with Gasteiger partial charge in [-0.15, -0.1) is 0 Å². The normalized spacial score (nSPS) is 16.9. The molecule has 2 fully saturated rings. The van der Waals surface area contributed by atoms with Gasteiger partial charge in [0.1, 0.15) is 22.0 Å². The zero-order chi connectivity index (χ0) is 34.0. The number of methoxy groups -OCH3 is 1. The summed E-state index contributed by atoms with van der Waals surface area (Å²) in [5.74, 6) is 1.42. The molecule has 4 aromatic rings. The SMILES string of the molecule is CCc1cc(Nc2ncc(Br)c(Nc3ccc4nccnc4c3S(=O)(=O)C(C)C)n2)c(OC)cc1N1CCC(N2CCN(C)CC2)CC1. The molecule has 0 spiro atoms. The van der Waals surface area contributed by atoms with Gasteiger partial charge >= 0.3 is 0 Å². The lowest BCUT2D eigenvalue weighted by Gasteiger charge is -2.43. The van der Waals surface area contributed by atoms with Gasteiger partial charge in [0.05, 0.1) is 33.7 Å². The van der Waals surface area contributed by atoms with Crippen LogP contribution < -0.4 is 20.3 Å².